The van der Waals surface area contributed by atoms with E-state index in [9.17, 15) is 14.7 Å². The van der Waals surface area contributed by atoms with Crippen LogP contribution in [0.4, 0.5) is 0 Å². The lowest BCUT2D eigenvalue weighted by molar-refractivity contribution is -0.140. The van der Waals surface area contributed by atoms with Crippen molar-refractivity contribution in [1.29, 1.82) is 0 Å². The number of morpholine rings is 1. The van der Waals surface area contributed by atoms with Gasteiger partial charge in [-0.3, -0.25) is 14.5 Å². The van der Waals surface area contributed by atoms with Gasteiger partial charge in [0, 0.05) is 31.7 Å². The molecule has 8 heteroatoms. The second-order valence-electron chi connectivity index (χ2n) is 10.1. The van der Waals surface area contributed by atoms with Gasteiger partial charge in [-0.2, -0.15) is 0 Å². The molecule has 0 aliphatic carbocycles. The molecule has 1 amide bonds. The molecular weight excluding hydrogens is 484 g/mol. The third-order valence-electron chi connectivity index (χ3n) is 7.02. The van der Waals surface area contributed by atoms with E-state index in [1.54, 1.807) is 36.3 Å². The Morgan fingerprint density at radius 3 is 2.47 bits per heavy atom. The van der Waals surface area contributed by atoms with Crippen LogP contribution in [0.25, 0.3) is 5.76 Å². The molecule has 1 N–H and O–H groups in total. The molecule has 0 spiro atoms. The number of ketones is 1. The molecule has 1 atom stereocenters. The number of likely N-dealkylation sites (tertiary alicyclic amines) is 1. The third-order valence-corrected chi connectivity index (χ3v) is 7.02. The highest BCUT2D eigenvalue weighted by atomic mass is 16.5. The number of carbonyl (C=O) groups excluding carboxylic acids is 2. The smallest absolute Gasteiger partial charge is 0.295 e. The Labute approximate surface area is 224 Å². The maximum absolute atomic E-state index is 13.3. The topological polar surface area (TPSA) is 88.5 Å². The van der Waals surface area contributed by atoms with Crippen LogP contribution in [0.15, 0.2) is 54.1 Å². The first-order valence-corrected chi connectivity index (χ1v) is 13.3. The van der Waals surface area contributed by atoms with E-state index in [0.29, 0.717) is 55.8 Å². The highest BCUT2D eigenvalue weighted by Gasteiger charge is 2.46. The minimum atomic E-state index is -0.713. The number of ether oxygens (including phenoxy) is 3. The molecule has 2 aliphatic heterocycles. The molecule has 4 rings (SSSR count). The van der Waals surface area contributed by atoms with Crippen LogP contribution in [0.2, 0.25) is 0 Å². The summed E-state index contributed by atoms with van der Waals surface area (Å²) in [6.07, 6.45) is 1.62. The summed E-state index contributed by atoms with van der Waals surface area (Å²) < 4.78 is 16.6. The monoisotopic (exact) mass is 522 g/mol. The van der Waals surface area contributed by atoms with Gasteiger partial charge < -0.3 is 24.2 Å². The van der Waals surface area contributed by atoms with Gasteiger partial charge in [-0.1, -0.05) is 26.0 Å². The molecule has 8 nitrogen and oxygen atoms in total. The van der Waals surface area contributed by atoms with E-state index >= 15 is 0 Å². The fourth-order valence-electron chi connectivity index (χ4n) is 4.84. The van der Waals surface area contributed by atoms with Gasteiger partial charge in [0.15, 0.2) is 0 Å². The number of methoxy groups -OCH3 is 1. The van der Waals surface area contributed by atoms with Crippen molar-refractivity contribution < 1.29 is 28.9 Å². The van der Waals surface area contributed by atoms with Crippen LogP contribution in [0.5, 0.6) is 11.5 Å². The molecular formula is C30H38N2O6. The second kappa shape index (κ2) is 12.9. The predicted octanol–water partition coefficient (Wildman–Crippen LogP) is 4.26. The predicted molar refractivity (Wildman–Crippen MR) is 145 cm³/mol. The molecule has 2 aliphatic rings. The molecule has 0 bridgehead atoms. The third kappa shape index (κ3) is 6.55. The first-order chi connectivity index (χ1) is 18.4. The van der Waals surface area contributed by atoms with Crippen LogP contribution in [0.3, 0.4) is 0 Å². The summed E-state index contributed by atoms with van der Waals surface area (Å²) in [5.41, 5.74) is 1.27. The van der Waals surface area contributed by atoms with Crippen LogP contribution in [0, 0.1) is 5.92 Å². The number of rotatable bonds is 11. The van der Waals surface area contributed by atoms with Gasteiger partial charge in [0.05, 0.1) is 38.5 Å². The van der Waals surface area contributed by atoms with Crippen molar-refractivity contribution in [2.24, 2.45) is 5.92 Å². The quantitative estimate of drug-likeness (QED) is 0.268. The average molecular weight is 523 g/mol. The molecule has 2 fully saturated rings. The lowest BCUT2D eigenvalue weighted by atomic mass is 9.95. The number of nitrogens with zero attached hydrogens (tertiary/aromatic N) is 2. The number of aliphatic hydroxyl groups excluding tert-OH is 1. The summed E-state index contributed by atoms with van der Waals surface area (Å²) in [6.45, 7) is 9.18. The molecule has 2 aromatic carbocycles. The Bertz CT molecular complexity index is 1140. The van der Waals surface area contributed by atoms with Gasteiger partial charge in [-0.25, -0.2) is 0 Å². The summed E-state index contributed by atoms with van der Waals surface area (Å²) in [6, 6.07) is 13.6. The van der Waals surface area contributed by atoms with E-state index in [1.165, 1.54) is 0 Å². The molecule has 0 radical (unpaired) electrons. The number of hydrogen-bond donors (Lipinski definition) is 1. The highest BCUT2D eigenvalue weighted by molar-refractivity contribution is 6.46. The van der Waals surface area contributed by atoms with Gasteiger partial charge in [-0.15, -0.1) is 0 Å². The number of carbonyl (C=O) groups is 2. The lowest BCUT2D eigenvalue weighted by Gasteiger charge is -2.29. The van der Waals surface area contributed by atoms with E-state index in [4.69, 9.17) is 14.2 Å². The van der Waals surface area contributed by atoms with Crippen molar-refractivity contribution in [1.82, 2.24) is 9.80 Å². The van der Waals surface area contributed by atoms with Gasteiger partial charge in [0.2, 0.25) is 0 Å². The zero-order valence-electron chi connectivity index (χ0n) is 22.5. The van der Waals surface area contributed by atoms with Gasteiger partial charge in [0.25, 0.3) is 11.7 Å². The van der Waals surface area contributed by atoms with Crippen molar-refractivity contribution in [3.63, 3.8) is 0 Å². The summed E-state index contributed by atoms with van der Waals surface area (Å²) in [5, 5.41) is 11.3. The number of amides is 1. The molecule has 1 unspecified atom stereocenters. The SMILES string of the molecule is COc1ccc(/C(O)=C2\C(=O)C(=O)N(CCCN3CCOCC3)C2c2cccc(OCCC(C)C)c2)cc1. The Morgan fingerprint density at radius 2 is 1.79 bits per heavy atom. The molecule has 2 saturated heterocycles. The minimum absolute atomic E-state index is 0.0888. The van der Waals surface area contributed by atoms with E-state index < -0.39 is 17.7 Å². The van der Waals surface area contributed by atoms with Gasteiger partial charge in [-0.05, 0) is 60.7 Å². The van der Waals surface area contributed by atoms with Gasteiger partial charge >= 0.3 is 0 Å². The van der Waals surface area contributed by atoms with Crippen LogP contribution in [-0.4, -0.2) is 79.7 Å². The van der Waals surface area contributed by atoms with E-state index in [1.807, 2.05) is 24.3 Å². The van der Waals surface area contributed by atoms with Crippen molar-refractivity contribution in [2.45, 2.75) is 32.7 Å². The van der Waals surface area contributed by atoms with Crippen molar-refractivity contribution in [3.05, 3.63) is 65.2 Å². The van der Waals surface area contributed by atoms with Gasteiger partial charge in [0.1, 0.15) is 17.3 Å². The average Bonchev–Trinajstić information content (AvgIpc) is 3.18. The fraction of sp³-hybridized carbons (Fsp3) is 0.467. The molecule has 204 valence electrons. The molecule has 0 aromatic heterocycles. The summed E-state index contributed by atoms with van der Waals surface area (Å²) >= 11 is 0. The molecule has 0 saturated carbocycles. The largest absolute Gasteiger partial charge is 0.507 e. The summed E-state index contributed by atoms with van der Waals surface area (Å²) in [7, 11) is 1.56. The first kappa shape index (κ1) is 27.7. The summed E-state index contributed by atoms with van der Waals surface area (Å²) in [4.78, 5) is 30.5. The minimum Gasteiger partial charge on any atom is -0.507 e. The highest BCUT2D eigenvalue weighted by Crippen LogP contribution is 2.40. The first-order valence-electron chi connectivity index (χ1n) is 13.3. The molecule has 2 heterocycles. The number of aliphatic hydroxyl groups is 1. The van der Waals surface area contributed by atoms with Crippen LogP contribution < -0.4 is 9.47 Å². The molecule has 38 heavy (non-hydrogen) atoms. The Hall–Kier alpha value is -3.36. The zero-order valence-corrected chi connectivity index (χ0v) is 22.5. The molecule has 2 aromatic rings. The Morgan fingerprint density at radius 1 is 1.05 bits per heavy atom. The van der Waals surface area contributed by atoms with Crippen molar-refractivity contribution in [2.75, 3.05) is 53.1 Å². The van der Waals surface area contributed by atoms with Crippen LogP contribution in [0.1, 0.15) is 43.9 Å². The zero-order chi connectivity index (χ0) is 27.1. The summed E-state index contributed by atoms with van der Waals surface area (Å²) in [5.74, 6) is 0.345. The van der Waals surface area contributed by atoms with E-state index in [0.717, 1.165) is 31.6 Å². The maximum atomic E-state index is 13.3. The standard InChI is InChI=1S/C30H38N2O6/c1-21(2)12-17-38-25-7-4-6-23(20-25)27-26(28(33)22-8-10-24(36-3)11-9-22)29(34)30(35)32(27)14-5-13-31-15-18-37-19-16-31/h4,6-11,20-21,27,33H,5,12-19H2,1-3H3/b28-26+. The number of Topliss-reactive ketones (excluding diaryl/α,β-unsaturated/α-hetero) is 1. The van der Waals surface area contributed by atoms with Crippen LogP contribution in [-0.2, 0) is 14.3 Å². The van der Waals surface area contributed by atoms with E-state index in [2.05, 4.69) is 18.7 Å². The van der Waals surface area contributed by atoms with Crippen molar-refractivity contribution >= 4 is 17.4 Å². The lowest BCUT2D eigenvalue weighted by Crippen LogP contribution is -2.38. The van der Waals surface area contributed by atoms with E-state index in [-0.39, 0.29) is 11.3 Å². The normalized spacial score (nSPS) is 19.8. The Balaban J connectivity index is 1.65. The second-order valence-corrected chi connectivity index (χ2v) is 10.1. The van der Waals surface area contributed by atoms with Crippen LogP contribution >= 0.6 is 0 Å². The maximum Gasteiger partial charge on any atom is 0.295 e. The Kier molecular flexibility index (Phi) is 9.42. The number of hydrogen-bond acceptors (Lipinski definition) is 7. The fourth-order valence-corrected chi connectivity index (χ4v) is 4.84. The number of benzene rings is 2. The van der Waals surface area contributed by atoms with Crippen molar-refractivity contribution in [3.8, 4) is 11.5 Å².